The van der Waals surface area contributed by atoms with Crippen molar-refractivity contribution in [2.24, 2.45) is 5.73 Å². The van der Waals surface area contributed by atoms with Crippen molar-refractivity contribution in [2.75, 3.05) is 7.11 Å². The van der Waals surface area contributed by atoms with Crippen LogP contribution in [0.15, 0.2) is 29.6 Å². The van der Waals surface area contributed by atoms with Crippen LogP contribution in [0.3, 0.4) is 0 Å². The molecule has 17 heavy (non-hydrogen) atoms. The molecule has 1 unspecified atom stereocenters. The van der Waals surface area contributed by atoms with E-state index in [4.69, 9.17) is 10.5 Å². The maximum atomic E-state index is 6.34. The van der Waals surface area contributed by atoms with Crippen molar-refractivity contribution in [2.45, 2.75) is 19.9 Å². The van der Waals surface area contributed by atoms with Crippen LogP contribution in [0.4, 0.5) is 0 Å². The molecule has 2 rings (SSSR count). The SMILES string of the molecule is COc1ccc(C)cc1C(N)c1sccc1C. The molecule has 0 spiro atoms. The average molecular weight is 247 g/mol. The normalized spacial score (nSPS) is 12.5. The van der Waals surface area contributed by atoms with Crippen LogP contribution in [0, 0.1) is 13.8 Å². The second-order valence-corrected chi connectivity index (χ2v) is 5.14. The van der Waals surface area contributed by atoms with Gasteiger partial charge in [-0.15, -0.1) is 11.3 Å². The van der Waals surface area contributed by atoms with E-state index in [0.717, 1.165) is 11.3 Å². The number of ether oxygens (including phenoxy) is 1. The molecule has 3 heteroatoms. The van der Waals surface area contributed by atoms with Gasteiger partial charge in [-0.1, -0.05) is 17.7 Å². The van der Waals surface area contributed by atoms with Gasteiger partial charge in [0.1, 0.15) is 5.75 Å². The van der Waals surface area contributed by atoms with Gasteiger partial charge in [-0.2, -0.15) is 0 Å². The van der Waals surface area contributed by atoms with Crippen molar-refractivity contribution in [3.63, 3.8) is 0 Å². The molecule has 2 nitrogen and oxygen atoms in total. The predicted octanol–water partition coefficient (Wildman–Crippen LogP) is 3.42. The standard InChI is InChI=1S/C14H17NOS/c1-9-4-5-12(16-3)11(8-9)13(15)14-10(2)6-7-17-14/h4-8,13H,15H2,1-3H3. The van der Waals surface area contributed by atoms with Gasteiger partial charge in [-0.05, 0) is 36.9 Å². The van der Waals surface area contributed by atoms with E-state index >= 15 is 0 Å². The fourth-order valence-corrected chi connectivity index (χ4v) is 2.89. The van der Waals surface area contributed by atoms with E-state index in [2.05, 4.69) is 31.4 Å². The third-order valence-electron chi connectivity index (χ3n) is 2.90. The summed E-state index contributed by atoms with van der Waals surface area (Å²) in [5.41, 5.74) is 9.83. The minimum absolute atomic E-state index is 0.107. The smallest absolute Gasteiger partial charge is 0.124 e. The summed E-state index contributed by atoms with van der Waals surface area (Å²) in [5, 5.41) is 2.08. The first-order chi connectivity index (χ1) is 8.13. The summed E-state index contributed by atoms with van der Waals surface area (Å²) in [5.74, 6) is 0.857. The minimum Gasteiger partial charge on any atom is -0.496 e. The largest absolute Gasteiger partial charge is 0.496 e. The summed E-state index contributed by atoms with van der Waals surface area (Å²) in [4.78, 5) is 1.20. The van der Waals surface area contributed by atoms with E-state index in [1.807, 2.05) is 12.1 Å². The summed E-state index contributed by atoms with van der Waals surface area (Å²) in [7, 11) is 1.68. The number of thiophene rings is 1. The van der Waals surface area contributed by atoms with Gasteiger partial charge in [0.2, 0.25) is 0 Å². The lowest BCUT2D eigenvalue weighted by Crippen LogP contribution is -2.12. The van der Waals surface area contributed by atoms with Gasteiger partial charge in [0.05, 0.1) is 13.2 Å². The van der Waals surface area contributed by atoms with Crippen LogP contribution in [-0.4, -0.2) is 7.11 Å². The van der Waals surface area contributed by atoms with Crippen molar-refractivity contribution in [1.82, 2.24) is 0 Å². The van der Waals surface area contributed by atoms with Crippen molar-refractivity contribution < 1.29 is 4.74 Å². The second kappa shape index (κ2) is 4.90. The van der Waals surface area contributed by atoms with Crippen molar-refractivity contribution in [3.05, 3.63) is 51.2 Å². The number of methoxy groups -OCH3 is 1. The maximum absolute atomic E-state index is 6.34. The first-order valence-corrected chi connectivity index (χ1v) is 6.45. The molecule has 1 atom stereocenters. The Morgan fingerprint density at radius 3 is 2.59 bits per heavy atom. The van der Waals surface area contributed by atoms with Gasteiger partial charge < -0.3 is 10.5 Å². The highest BCUT2D eigenvalue weighted by atomic mass is 32.1. The molecular formula is C14H17NOS. The zero-order chi connectivity index (χ0) is 12.4. The van der Waals surface area contributed by atoms with Gasteiger partial charge in [0, 0.05) is 10.4 Å². The summed E-state index contributed by atoms with van der Waals surface area (Å²) in [6.45, 7) is 4.16. The zero-order valence-electron chi connectivity index (χ0n) is 10.4. The molecule has 0 aliphatic rings. The zero-order valence-corrected chi connectivity index (χ0v) is 11.2. The van der Waals surface area contributed by atoms with E-state index in [1.54, 1.807) is 18.4 Å². The Labute approximate surface area is 106 Å². The summed E-state index contributed by atoms with van der Waals surface area (Å²) >= 11 is 1.70. The van der Waals surface area contributed by atoms with Gasteiger partial charge in [-0.25, -0.2) is 0 Å². The Bertz CT molecular complexity index is 519. The molecular weight excluding hydrogens is 230 g/mol. The lowest BCUT2D eigenvalue weighted by atomic mass is 10.0. The molecule has 0 radical (unpaired) electrons. The number of aryl methyl sites for hydroxylation is 2. The Morgan fingerprint density at radius 2 is 2.00 bits per heavy atom. The first kappa shape index (κ1) is 12.1. The molecule has 0 saturated heterocycles. The molecule has 1 aromatic heterocycles. The van der Waals surface area contributed by atoms with E-state index in [-0.39, 0.29) is 6.04 Å². The average Bonchev–Trinajstić information content (AvgIpc) is 2.74. The molecule has 1 aromatic carbocycles. The van der Waals surface area contributed by atoms with Gasteiger partial charge in [0.25, 0.3) is 0 Å². The molecule has 90 valence electrons. The van der Waals surface area contributed by atoms with E-state index in [1.165, 1.54) is 16.0 Å². The number of nitrogens with two attached hydrogens (primary N) is 1. The topological polar surface area (TPSA) is 35.2 Å². The Morgan fingerprint density at radius 1 is 1.24 bits per heavy atom. The molecule has 0 fully saturated rings. The maximum Gasteiger partial charge on any atom is 0.124 e. The van der Waals surface area contributed by atoms with Crippen molar-refractivity contribution >= 4 is 11.3 Å². The number of hydrogen-bond acceptors (Lipinski definition) is 3. The third kappa shape index (κ3) is 2.35. The first-order valence-electron chi connectivity index (χ1n) is 5.57. The molecule has 2 N–H and O–H groups in total. The van der Waals surface area contributed by atoms with Gasteiger partial charge >= 0.3 is 0 Å². The fraction of sp³-hybridized carbons (Fsp3) is 0.286. The third-order valence-corrected chi connectivity index (χ3v) is 4.01. The molecule has 2 aromatic rings. The number of rotatable bonds is 3. The highest BCUT2D eigenvalue weighted by molar-refractivity contribution is 7.10. The van der Waals surface area contributed by atoms with Crippen LogP contribution in [0.5, 0.6) is 5.75 Å². The highest BCUT2D eigenvalue weighted by Gasteiger charge is 2.17. The second-order valence-electron chi connectivity index (χ2n) is 4.19. The molecule has 0 bridgehead atoms. The Hall–Kier alpha value is -1.32. The van der Waals surface area contributed by atoms with Crippen LogP contribution in [0.2, 0.25) is 0 Å². The van der Waals surface area contributed by atoms with Crippen molar-refractivity contribution in [3.8, 4) is 5.75 Å². The molecule has 0 aliphatic heterocycles. The van der Waals surface area contributed by atoms with Crippen LogP contribution in [-0.2, 0) is 0 Å². The van der Waals surface area contributed by atoms with Crippen LogP contribution in [0.1, 0.15) is 27.6 Å². The van der Waals surface area contributed by atoms with E-state index < -0.39 is 0 Å². The van der Waals surface area contributed by atoms with Gasteiger partial charge in [-0.3, -0.25) is 0 Å². The quantitative estimate of drug-likeness (QED) is 0.902. The van der Waals surface area contributed by atoms with Gasteiger partial charge in [0.15, 0.2) is 0 Å². The van der Waals surface area contributed by atoms with Crippen molar-refractivity contribution in [1.29, 1.82) is 0 Å². The lowest BCUT2D eigenvalue weighted by Gasteiger charge is -2.16. The summed E-state index contributed by atoms with van der Waals surface area (Å²) in [6, 6.07) is 8.11. The van der Waals surface area contributed by atoms with E-state index in [9.17, 15) is 0 Å². The molecule has 0 aliphatic carbocycles. The van der Waals surface area contributed by atoms with E-state index in [0.29, 0.717) is 0 Å². The minimum atomic E-state index is -0.107. The molecule has 1 heterocycles. The van der Waals surface area contributed by atoms with Crippen LogP contribution < -0.4 is 10.5 Å². The highest BCUT2D eigenvalue weighted by Crippen LogP contribution is 2.33. The Kier molecular flexibility index (Phi) is 3.50. The predicted molar refractivity (Wildman–Crippen MR) is 72.8 cm³/mol. The van der Waals surface area contributed by atoms with Crippen LogP contribution in [0.25, 0.3) is 0 Å². The van der Waals surface area contributed by atoms with Crippen LogP contribution >= 0.6 is 11.3 Å². The number of benzene rings is 1. The molecule has 0 saturated carbocycles. The molecule has 0 amide bonds. The fourth-order valence-electron chi connectivity index (χ4n) is 1.94. The number of hydrogen-bond donors (Lipinski definition) is 1. The summed E-state index contributed by atoms with van der Waals surface area (Å²) in [6.07, 6.45) is 0. The summed E-state index contributed by atoms with van der Waals surface area (Å²) < 4.78 is 5.38. The lowest BCUT2D eigenvalue weighted by molar-refractivity contribution is 0.408. The Balaban J connectivity index is 2.46. The monoisotopic (exact) mass is 247 g/mol.